The van der Waals surface area contributed by atoms with Gasteiger partial charge in [-0.1, -0.05) is 19.8 Å². The van der Waals surface area contributed by atoms with Crippen LogP contribution in [-0.4, -0.2) is 62.3 Å². The van der Waals surface area contributed by atoms with Crippen LogP contribution >= 0.6 is 0 Å². The summed E-state index contributed by atoms with van der Waals surface area (Å²) in [5.74, 6) is -1.82. The van der Waals surface area contributed by atoms with Crippen LogP contribution in [0.4, 0.5) is 8.78 Å². The summed E-state index contributed by atoms with van der Waals surface area (Å²) in [4.78, 5) is 14.0. The third kappa shape index (κ3) is 4.87. The van der Waals surface area contributed by atoms with Gasteiger partial charge in [-0.05, 0) is 37.0 Å². The van der Waals surface area contributed by atoms with Gasteiger partial charge in [-0.3, -0.25) is 9.69 Å². The fourth-order valence-electron chi connectivity index (χ4n) is 3.90. The number of carbonyl (C=O) groups is 1. The number of rotatable bonds is 5. The fraction of sp³-hybridized carbons (Fsp3) is 0.632. The Kier molecular flexibility index (Phi) is 6.67. The minimum absolute atomic E-state index is 0.0318. The normalized spacial score (nSPS) is 24.8. The van der Waals surface area contributed by atoms with E-state index in [4.69, 9.17) is 0 Å². The highest BCUT2D eigenvalue weighted by atomic mass is 32.2. The molecule has 1 amide bonds. The van der Waals surface area contributed by atoms with Crippen LogP contribution in [0.15, 0.2) is 23.1 Å². The maximum Gasteiger partial charge on any atom is 0.243 e. The van der Waals surface area contributed by atoms with E-state index in [9.17, 15) is 22.0 Å². The fourth-order valence-corrected chi connectivity index (χ4v) is 5.34. The summed E-state index contributed by atoms with van der Waals surface area (Å²) >= 11 is 0. The van der Waals surface area contributed by atoms with Gasteiger partial charge in [0.05, 0.1) is 11.4 Å². The molecule has 1 saturated carbocycles. The molecule has 1 aromatic carbocycles. The largest absolute Gasteiger partial charge is 0.352 e. The molecule has 2 fully saturated rings. The first-order chi connectivity index (χ1) is 13.3. The summed E-state index contributed by atoms with van der Waals surface area (Å²) in [5.41, 5.74) is 0. The second kappa shape index (κ2) is 8.84. The van der Waals surface area contributed by atoms with E-state index in [0.29, 0.717) is 25.1 Å². The smallest absolute Gasteiger partial charge is 0.243 e. The van der Waals surface area contributed by atoms with Gasteiger partial charge in [0.1, 0.15) is 0 Å². The lowest BCUT2D eigenvalue weighted by atomic mass is 9.86. The summed E-state index contributed by atoms with van der Waals surface area (Å²) < 4.78 is 52.9. The van der Waals surface area contributed by atoms with Crippen molar-refractivity contribution in [2.45, 2.75) is 43.5 Å². The zero-order valence-electron chi connectivity index (χ0n) is 16.0. The lowest BCUT2D eigenvalue weighted by Gasteiger charge is -2.34. The number of carbonyl (C=O) groups excluding carboxylic acids is 1. The van der Waals surface area contributed by atoms with Crippen molar-refractivity contribution in [3.63, 3.8) is 0 Å². The van der Waals surface area contributed by atoms with Crippen LogP contribution < -0.4 is 5.32 Å². The molecule has 1 heterocycles. The van der Waals surface area contributed by atoms with Gasteiger partial charge in [0.2, 0.25) is 15.9 Å². The van der Waals surface area contributed by atoms with Crippen molar-refractivity contribution >= 4 is 15.9 Å². The van der Waals surface area contributed by atoms with Crippen LogP contribution in [-0.2, 0) is 14.8 Å². The van der Waals surface area contributed by atoms with E-state index >= 15 is 0 Å². The van der Waals surface area contributed by atoms with E-state index in [0.717, 1.165) is 31.4 Å². The molecule has 1 aromatic rings. The van der Waals surface area contributed by atoms with Crippen molar-refractivity contribution < 1.29 is 22.0 Å². The predicted octanol–water partition coefficient (Wildman–Crippen LogP) is 1.97. The molecule has 28 heavy (non-hydrogen) atoms. The topological polar surface area (TPSA) is 69.7 Å². The molecule has 0 unspecified atom stereocenters. The Morgan fingerprint density at radius 3 is 2.43 bits per heavy atom. The Morgan fingerprint density at radius 1 is 1.11 bits per heavy atom. The SMILES string of the molecule is C[C@@H]1CCCC[C@H]1NC(=O)CN1CCN(S(=O)(=O)c2ccc(F)c(F)c2)CC1. The molecule has 6 nitrogen and oxygen atoms in total. The highest BCUT2D eigenvalue weighted by Crippen LogP contribution is 2.24. The Labute approximate surface area is 164 Å². The van der Waals surface area contributed by atoms with Gasteiger partial charge in [-0.2, -0.15) is 4.31 Å². The lowest BCUT2D eigenvalue weighted by molar-refractivity contribution is -0.123. The van der Waals surface area contributed by atoms with Crippen molar-refractivity contribution in [1.82, 2.24) is 14.5 Å². The number of piperazine rings is 1. The second-order valence-corrected chi connectivity index (χ2v) is 9.63. The molecule has 0 bridgehead atoms. The molecule has 9 heteroatoms. The van der Waals surface area contributed by atoms with Gasteiger partial charge < -0.3 is 5.32 Å². The van der Waals surface area contributed by atoms with Crippen LogP contribution in [0.1, 0.15) is 32.6 Å². The summed E-state index contributed by atoms with van der Waals surface area (Å²) in [5, 5.41) is 3.11. The molecule has 0 radical (unpaired) electrons. The first-order valence-corrected chi connectivity index (χ1v) is 11.2. The summed E-state index contributed by atoms with van der Waals surface area (Å²) in [6.45, 7) is 3.63. The molecule has 156 valence electrons. The van der Waals surface area contributed by atoms with Gasteiger partial charge in [0.25, 0.3) is 0 Å². The molecule has 1 saturated heterocycles. The van der Waals surface area contributed by atoms with Crippen LogP contribution in [0.5, 0.6) is 0 Å². The molecule has 0 aromatic heterocycles. The number of nitrogens with zero attached hydrogens (tertiary/aromatic N) is 2. The van der Waals surface area contributed by atoms with E-state index in [1.807, 2.05) is 4.90 Å². The first kappa shape index (κ1) is 21.1. The minimum Gasteiger partial charge on any atom is -0.352 e. The average molecular weight is 416 g/mol. The number of sulfonamides is 1. The van der Waals surface area contributed by atoms with E-state index in [1.54, 1.807) is 0 Å². The first-order valence-electron chi connectivity index (χ1n) is 9.74. The molecular formula is C19H27F2N3O3S. The number of nitrogens with one attached hydrogen (secondary N) is 1. The molecule has 1 N–H and O–H groups in total. The van der Waals surface area contributed by atoms with Gasteiger partial charge in [-0.25, -0.2) is 17.2 Å². The molecule has 3 rings (SSSR count). The Bertz CT molecular complexity index is 811. The van der Waals surface area contributed by atoms with Gasteiger partial charge >= 0.3 is 0 Å². The Balaban J connectivity index is 1.52. The minimum atomic E-state index is -3.88. The Morgan fingerprint density at radius 2 is 1.79 bits per heavy atom. The van der Waals surface area contributed by atoms with Crippen LogP contribution in [0.2, 0.25) is 0 Å². The average Bonchev–Trinajstić information content (AvgIpc) is 2.66. The second-order valence-electron chi connectivity index (χ2n) is 7.69. The third-order valence-electron chi connectivity index (χ3n) is 5.69. The zero-order valence-corrected chi connectivity index (χ0v) is 16.9. The highest BCUT2D eigenvalue weighted by molar-refractivity contribution is 7.89. The van der Waals surface area contributed by atoms with Crippen molar-refractivity contribution in [3.8, 4) is 0 Å². The molecule has 2 aliphatic rings. The maximum atomic E-state index is 13.4. The standard InChI is InChI=1S/C19H27F2N3O3S/c1-14-4-2-3-5-18(14)22-19(25)13-23-8-10-24(11-9-23)28(26,27)15-6-7-16(20)17(21)12-15/h6-7,12,14,18H,2-5,8-11,13H2,1H3,(H,22,25)/t14-,18-/m1/s1. The van der Waals surface area contributed by atoms with Crippen LogP contribution in [0.3, 0.4) is 0 Å². The van der Waals surface area contributed by atoms with Crippen molar-refractivity contribution in [2.75, 3.05) is 32.7 Å². The van der Waals surface area contributed by atoms with Crippen molar-refractivity contribution in [2.24, 2.45) is 5.92 Å². The molecule has 2 atom stereocenters. The number of amides is 1. The van der Waals surface area contributed by atoms with Crippen LogP contribution in [0.25, 0.3) is 0 Å². The molecule has 0 spiro atoms. The highest BCUT2D eigenvalue weighted by Gasteiger charge is 2.30. The summed E-state index contributed by atoms with van der Waals surface area (Å²) in [6.07, 6.45) is 4.48. The quantitative estimate of drug-likeness (QED) is 0.798. The van der Waals surface area contributed by atoms with Crippen molar-refractivity contribution in [1.29, 1.82) is 0 Å². The van der Waals surface area contributed by atoms with Crippen LogP contribution in [0, 0.1) is 17.6 Å². The van der Waals surface area contributed by atoms with E-state index < -0.39 is 21.7 Å². The molecular weight excluding hydrogens is 388 g/mol. The molecule has 1 aliphatic carbocycles. The zero-order chi connectivity index (χ0) is 20.3. The monoisotopic (exact) mass is 415 g/mol. The van der Waals surface area contributed by atoms with E-state index in [1.165, 1.54) is 10.7 Å². The predicted molar refractivity (Wildman–Crippen MR) is 101 cm³/mol. The summed E-state index contributed by atoms with van der Waals surface area (Å²) in [6, 6.07) is 2.81. The van der Waals surface area contributed by atoms with Gasteiger partial charge in [-0.15, -0.1) is 0 Å². The van der Waals surface area contributed by atoms with Gasteiger partial charge in [0.15, 0.2) is 11.6 Å². The van der Waals surface area contributed by atoms with Gasteiger partial charge in [0, 0.05) is 32.2 Å². The number of halogens is 2. The Hall–Kier alpha value is -1.58. The molecule has 1 aliphatic heterocycles. The van der Waals surface area contributed by atoms with E-state index in [2.05, 4.69) is 12.2 Å². The maximum absolute atomic E-state index is 13.4. The third-order valence-corrected chi connectivity index (χ3v) is 7.58. The lowest BCUT2D eigenvalue weighted by Crippen LogP contribution is -2.52. The van der Waals surface area contributed by atoms with E-state index in [-0.39, 0.29) is 36.5 Å². The number of hydrogen-bond acceptors (Lipinski definition) is 4. The summed E-state index contributed by atoms with van der Waals surface area (Å²) in [7, 11) is -3.88. The number of hydrogen-bond donors (Lipinski definition) is 1. The van der Waals surface area contributed by atoms with Crippen molar-refractivity contribution in [3.05, 3.63) is 29.8 Å². The number of benzene rings is 1.